The van der Waals surface area contributed by atoms with Crippen molar-refractivity contribution >= 4 is 11.9 Å². The monoisotopic (exact) mass is 244 g/mol. The molecule has 0 aromatic carbocycles. The van der Waals surface area contributed by atoms with Gasteiger partial charge in [0.2, 0.25) is 5.91 Å². The van der Waals surface area contributed by atoms with Gasteiger partial charge >= 0.3 is 5.97 Å². The second kappa shape index (κ2) is 5.97. The van der Waals surface area contributed by atoms with Crippen molar-refractivity contribution in [2.24, 2.45) is 0 Å². The van der Waals surface area contributed by atoms with Crippen LogP contribution in [0.25, 0.3) is 0 Å². The van der Waals surface area contributed by atoms with Crippen LogP contribution in [-0.4, -0.2) is 46.8 Å². The van der Waals surface area contributed by atoms with Gasteiger partial charge in [0.25, 0.3) is 0 Å². The predicted octanol–water partition coefficient (Wildman–Crippen LogP) is -0.530. The van der Waals surface area contributed by atoms with Gasteiger partial charge in [-0.2, -0.15) is 0 Å². The zero-order valence-corrected chi connectivity index (χ0v) is 10.0. The van der Waals surface area contributed by atoms with E-state index in [0.29, 0.717) is 0 Å². The summed E-state index contributed by atoms with van der Waals surface area (Å²) in [6.45, 7) is 2.18. The molecule has 1 saturated heterocycles. The van der Waals surface area contributed by atoms with Gasteiger partial charge in [0.1, 0.15) is 0 Å². The van der Waals surface area contributed by atoms with Crippen molar-refractivity contribution in [1.82, 2.24) is 10.6 Å². The average Bonchev–Trinajstić information content (AvgIpc) is 2.25. The number of carbonyl (C=O) groups excluding carboxylic acids is 1. The maximum atomic E-state index is 11.7. The molecule has 1 aliphatic rings. The van der Waals surface area contributed by atoms with Gasteiger partial charge in [-0.15, -0.1) is 0 Å². The van der Waals surface area contributed by atoms with Crippen LogP contribution in [0.1, 0.15) is 32.6 Å². The van der Waals surface area contributed by atoms with E-state index in [0.717, 1.165) is 25.8 Å². The molecule has 0 aromatic rings. The van der Waals surface area contributed by atoms with Crippen molar-refractivity contribution in [2.75, 3.05) is 13.1 Å². The lowest BCUT2D eigenvalue weighted by molar-refractivity contribution is -0.142. The van der Waals surface area contributed by atoms with E-state index in [1.807, 2.05) is 0 Å². The molecule has 4 N–H and O–H groups in total. The molecule has 1 heterocycles. The van der Waals surface area contributed by atoms with Gasteiger partial charge in [0.05, 0.1) is 18.1 Å². The van der Waals surface area contributed by atoms with E-state index in [-0.39, 0.29) is 24.9 Å². The zero-order chi connectivity index (χ0) is 12.9. The summed E-state index contributed by atoms with van der Waals surface area (Å²) in [6, 6.07) is -0.218. The minimum atomic E-state index is -1.41. The standard InChI is InChI=1S/C11H20N2O4/c1-11(17,6-9(14)15)7-13-10(16)8-4-2-3-5-12-8/h8,12,17H,2-7H2,1H3,(H,13,16)(H,14,15)/t8-,11?/m1/s1. The maximum Gasteiger partial charge on any atom is 0.306 e. The Kier molecular flexibility index (Phi) is 4.89. The Hall–Kier alpha value is -1.14. The largest absolute Gasteiger partial charge is 0.481 e. The van der Waals surface area contributed by atoms with Crippen molar-refractivity contribution in [3.05, 3.63) is 0 Å². The third-order valence-corrected chi connectivity index (χ3v) is 2.80. The summed E-state index contributed by atoms with van der Waals surface area (Å²) in [7, 11) is 0. The van der Waals surface area contributed by atoms with E-state index < -0.39 is 11.6 Å². The second-order valence-corrected chi connectivity index (χ2v) is 4.79. The van der Waals surface area contributed by atoms with Gasteiger partial charge in [0, 0.05) is 6.54 Å². The third-order valence-electron chi connectivity index (χ3n) is 2.80. The fourth-order valence-electron chi connectivity index (χ4n) is 1.86. The fourth-order valence-corrected chi connectivity index (χ4v) is 1.86. The molecule has 2 atom stereocenters. The number of carboxylic acid groups (broad SMARTS) is 1. The van der Waals surface area contributed by atoms with Crippen molar-refractivity contribution in [3.8, 4) is 0 Å². The Morgan fingerprint density at radius 1 is 1.47 bits per heavy atom. The van der Waals surface area contributed by atoms with Gasteiger partial charge in [0.15, 0.2) is 0 Å². The molecule has 0 saturated carbocycles. The SMILES string of the molecule is CC(O)(CNC(=O)[C@H]1CCCCN1)CC(=O)O. The zero-order valence-electron chi connectivity index (χ0n) is 10.0. The highest BCUT2D eigenvalue weighted by molar-refractivity contribution is 5.82. The number of rotatable bonds is 5. The number of carbonyl (C=O) groups is 2. The topological polar surface area (TPSA) is 98.7 Å². The number of carboxylic acids is 1. The molecule has 17 heavy (non-hydrogen) atoms. The fraction of sp³-hybridized carbons (Fsp3) is 0.818. The summed E-state index contributed by atoms with van der Waals surface area (Å²) >= 11 is 0. The van der Waals surface area contributed by atoms with E-state index in [1.165, 1.54) is 6.92 Å². The highest BCUT2D eigenvalue weighted by atomic mass is 16.4. The van der Waals surface area contributed by atoms with Gasteiger partial charge in [-0.3, -0.25) is 9.59 Å². The van der Waals surface area contributed by atoms with Crippen molar-refractivity contribution < 1.29 is 19.8 Å². The van der Waals surface area contributed by atoms with Crippen LogP contribution < -0.4 is 10.6 Å². The minimum Gasteiger partial charge on any atom is -0.481 e. The molecule has 0 aliphatic carbocycles. The molecule has 0 radical (unpaired) electrons. The number of piperidine rings is 1. The lowest BCUT2D eigenvalue weighted by Crippen LogP contribution is -2.50. The quantitative estimate of drug-likeness (QED) is 0.521. The summed E-state index contributed by atoms with van der Waals surface area (Å²) in [4.78, 5) is 22.2. The molecule has 6 nitrogen and oxygen atoms in total. The highest BCUT2D eigenvalue weighted by Crippen LogP contribution is 2.09. The van der Waals surface area contributed by atoms with Crippen LogP contribution >= 0.6 is 0 Å². The summed E-state index contributed by atoms with van der Waals surface area (Å²) in [5.74, 6) is -1.25. The van der Waals surface area contributed by atoms with Gasteiger partial charge < -0.3 is 20.8 Å². The number of hydrogen-bond acceptors (Lipinski definition) is 4. The second-order valence-electron chi connectivity index (χ2n) is 4.79. The van der Waals surface area contributed by atoms with E-state index in [1.54, 1.807) is 0 Å². The van der Waals surface area contributed by atoms with Gasteiger partial charge in [-0.25, -0.2) is 0 Å². The van der Waals surface area contributed by atoms with Crippen LogP contribution in [0.2, 0.25) is 0 Å². The van der Waals surface area contributed by atoms with Crippen molar-refractivity contribution in [1.29, 1.82) is 0 Å². The Morgan fingerprint density at radius 2 is 2.18 bits per heavy atom. The van der Waals surface area contributed by atoms with E-state index in [4.69, 9.17) is 5.11 Å². The van der Waals surface area contributed by atoms with Gasteiger partial charge in [-0.1, -0.05) is 6.42 Å². The molecule has 1 rings (SSSR count). The Balaban J connectivity index is 2.33. The van der Waals surface area contributed by atoms with Gasteiger partial charge in [-0.05, 0) is 26.3 Å². The first kappa shape index (κ1) is 13.9. The number of aliphatic carboxylic acids is 1. The van der Waals surface area contributed by atoms with Crippen molar-refractivity contribution in [2.45, 2.75) is 44.2 Å². The predicted molar refractivity (Wildman–Crippen MR) is 61.5 cm³/mol. The van der Waals surface area contributed by atoms with Crippen LogP contribution in [0.3, 0.4) is 0 Å². The summed E-state index contributed by atoms with van der Waals surface area (Å²) in [5, 5.41) is 24.0. The smallest absolute Gasteiger partial charge is 0.306 e. The first-order valence-electron chi connectivity index (χ1n) is 5.86. The molecule has 6 heteroatoms. The Labute approximate surface area is 100 Å². The lowest BCUT2D eigenvalue weighted by atomic mass is 10.0. The molecule has 98 valence electrons. The van der Waals surface area contributed by atoms with Crippen LogP contribution in [0.15, 0.2) is 0 Å². The third kappa shape index (κ3) is 5.14. The molecule has 0 spiro atoms. The number of hydrogen-bond donors (Lipinski definition) is 4. The number of nitrogens with one attached hydrogen (secondary N) is 2. The van der Waals surface area contributed by atoms with E-state index in [2.05, 4.69) is 10.6 Å². The minimum absolute atomic E-state index is 0.0453. The molecule has 1 aliphatic heterocycles. The Bertz CT molecular complexity index is 285. The molecule has 1 unspecified atom stereocenters. The van der Waals surface area contributed by atoms with Crippen LogP contribution in [0.5, 0.6) is 0 Å². The van der Waals surface area contributed by atoms with Crippen LogP contribution in [0.4, 0.5) is 0 Å². The molecule has 0 aromatic heterocycles. The van der Waals surface area contributed by atoms with Crippen LogP contribution in [0, 0.1) is 0 Å². The first-order valence-corrected chi connectivity index (χ1v) is 5.86. The molecule has 0 bridgehead atoms. The summed E-state index contributed by atoms with van der Waals surface area (Å²) in [5.41, 5.74) is -1.41. The first-order chi connectivity index (χ1) is 7.91. The van der Waals surface area contributed by atoms with E-state index in [9.17, 15) is 14.7 Å². The van der Waals surface area contributed by atoms with E-state index >= 15 is 0 Å². The lowest BCUT2D eigenvalue weighted by Gasteiger charge is -2.26. The average molecular weight is 244 g/mol. The normalized spacial score (nSPS) is 23.8. The summed E-state index contributed by atoms with van der Waals surface area (Å²) in [6.07, 6.45) is 2.48. The summed E-state index contributed by atoms with van der Waals surface area (Å²) < 4.78 is 0. The number of amides is 1. The van der Waals surface area contributed by atoms with Crippen molar-refractivity contribution in [3.63, 3.8) is 0 Å². The molecular weight excluding hydrogens is 224 g/mol. The number of aliphatic hydroxyl groups is 1. The molecule has 1 amide bonds. The Morgan fingerprint density at radius 3 is 2.71 bits per heavy atom. The highest BCUT2D eigenvalue weighted by Gasteiger charge is 2.27. The van der Waals surface area contributed by atoms with Crippen LogP contribution in [-0.2, 0) is 9.59 Å². The maximum absolute atomic E-state index is 11.7. The molecule has 1 fully saturated rings. The molecular formula is C11H20N2O4.